The van der Waals surface area contributed by atoms with Crippen molar-refractivity contribution in [2.24, 2.45) is 0 Å². The molecule has 0 aliphatic heterocycles. The van der Waals surface area contributed by atoms with Gasteiger partial charge in [0.1, 0.15) is 5.82 Å². The number of aryl methyl sites for hydroxylation is 1. The van der Waals surface area contributed by atoms with Crippen molar-refractivity contribution >= 4 is 44.8 Å². The summed E-state index contributed by atoms with van der Waals surface area (Å²) in [5.41, 5.74) is 1.26. The lowest BCUT2D eigenvalue weighted by Crippen LogP contribution is -2.33. The van der Waals surface area contributed by atoms with Crippen LogP contribution in [-0.4, -0.2) is 26.8 Å². The molecule has 3 rings (SSSR count). The third-order valence-corrected chi connectivity index (χ3v) is 5.98. The summed E-state index contributed by atoms with van der Waals surface area (Å²) < 4.78 is 41.1. The Hall–Kier alpha value is -3.43. The number of nitrogens with one attached hydrogen (secondary N) is 3. The number of benzene rings is 3. The van der Waals surface area contributed by atoms with E-state index in [-0.39, 0.29) is 22.7 Å². The number of amides is 2. The van der Waals surface area contributed by atoms with Crippen LogP contribution in [0, 0.1) is 12.7 Å². The van der Waals surface area contributed by atoms with Gasteiger partial charge >= 0.3 is 0 Å². The van der Waals surface area contributed by atoms with Gasteiger partial charge in [0.2, 0.25) is 5.91 Å². The van der Waals surface area contributed by atoms with Crippen LogP contribution in [0.25, 0.3) is 0 Å². The van der Waals surface area contributed by atoms with Crippen LogP contribution in [0.5, 0.6) is 0 Å². The summed E-state index contributed by atoms with van der Waals surface area (Å²) in [6, 6.07) is 15.6. The van der Waals surface area contributed by atoms with Crippen LogP contribution in [-0.2, 0) is 14.8 Å². The van der Waals surface area contributed by atoms with Gasteiger partial charge < -0.3 is 10.6 Å². The Balaban J connectivity index is 1.68. The first-order valence-corrected chi connectivity index (χ1v) is 11.2. The molecule has 0 saturated carbocycles. The number of sulfonamides is 1. The molecule has 0 aliphatic carbocycles. The van der Waals surface area contributed by atoms with E-state index in [2.05, 4.69) is 15.4 Å². The molecule has 0 aliphatic rings. The number of hydrogen-bond acceptors (Lipinski definition) is 4. The first-order valence-electron chi connectivity index (χ1n) is 9.37. The number of anilines is 2. The Morgan fingerprint density at radius 2 is 1.75 bits per heavy atom. The first-order chi connectivity index (χ1) is 15.1. The Labute approximate surface area is 189 Å². The molecule has 166 valence electrons. The van der Waals surface area contributed by atoms with E-state index in [9.17, 15) is 22.4 Å². The van der Waals surface area contributed by atoms with E-state index in [0.29, 0.717) is 16.3 Å². The van der Waals surface area contributed by atoms with Crippen LogP contribution in [0.1, 0.15) is 15.9 Å². The maximum Gasteiger partial charge on any atom is 0.261 e. The third kappa shape index (κ3) is 6.05. The zero-order valence-corrected chi connectivity index (χ0v) is 18.4. The highest BCUT2D eigenvalue weighted by molar-refractivity contribution is 7.92. The summed E-state index contributed by atoms with van der Waals surface area (Å²) >= 11 is 5.89. The van der Waals surface area contributed by atoms with E-state index in [1.807, 2.05) is 0 Å². The van der Waals surface area contributed by atoms with Gasteiger partial charge in [0, 0.05) is 16.3 Å². The number of rotatable bonds is 7. The standard InChI is InChI=1S/C22H19ClFN3O4S/c1-14-8-9-19(32(30,31)27-18-7-3-5-16(23)11-18)12-20(14)26-21(28)13-25-22(29)15-4-2-6-17(24)10-15/h2-12,27H,13H2,1H3,(H,25,29)(H,26,28). The quantitative estimate of drug-likeness (QED) is 0.481. The van der Waals surface area contributed by atoms with Gasteiger partial charge in [0.05, 0.1) is 17.1 Å². The van der Waals surface area contributed by atoms with Crippen molar-refractivity contribution in [2.45, 2.75) is 11.8 Å². The zero-order chi connectivity index (χ0) is 23.3. The van der Waals surface area contributed by atoms with E-state index in [4.69, 9.17) is 11.6 Å². The molecule has 10 heteroatoms. The predicted octanol–water partition coefficient (Wildman–Crippen LogP) is 3.96. The lowest BCUT2D eigenvalue weighted by atomic mass is 10.2. The molecule has 0 spiro atoms. The molecule has 3 aromatic carbocycles. The SMILES string of the molecule is Cc1ccc(S(=O)(=O)Nc2cccc(Cl)c2)cc1NC(=O)CNC(=O)c1cccc(F)c1. The summed E-state index contributed by atoms with van der Waals surface area (Å²) in [4.78, 5) is 24.3. The maximum absolute atomic E-state index is 13.2. The van der Waals surface area contributed by atoms with Crippen molar-refractivity contribution in [1.29, 1.82) is 0 Å². The van der Waals surface area contributed by atoms with Gasteiger partial charge in [-0.25, -0.2) is 12.8 Å². The van der Waals surface area contributed by atoms with Crippen LogP contribution >= 0.6 is 11.6 Å². The van der Waals surface area contributed by atoms with Crippen molar-refractivity contribution in [3.05, 3.63) is 88.7 Å². The molecule has 0 atom stereocenters. The fraction of sp³-hybridized carbons (Fsp3) is 0.0909. The summed E-state index contributed by atoms with van der Waals surface area (Å²) in [6.07, 6.45) is 0. The molecule has 32 heavy (non-hydrogen) atoms. The lowest BCUT2D eigenvalue weighted by Gasteiger charge is -2.13. The second kappa shape index (κ2) is 9.80. The average molecular weight is 476 g/mol. The minimum atomic E-state index is -3.94. The Bertz CT molecular complexity index is 1280. The van der Waals surface area contributed by atoms with E-state index >= 15 is 0 Å². The Morgan fingerprint density at radius 3 is 2.47 bits per heavy atom. The normalized spacial score (nSPS) is 11.0. The number of carbonyl (C=O) groups is 2. The van der Waals surface area contributed by atoms with Crippen molar-refractivity contribution < 1.29 is 22.4 Å². The van der Waals surface area contributed by atoms with Crippen LogP contribution in [0.4, 0.5) is 15.8 Å². The van der Waals surface area contributed by atoms with Gasteiger partial charge in [-0.15, -0.1) is 0 Å². The van der Waals surface area contributed by atoms with Gasteiger partial charge in [0.25, 0.3) is 15.9 Å². The Morgan fingerprint density at radius 1 is 1.00 bits per heavy atom. The van der Waals surface area contributed by atoms with E-state index in [0.717, 1.165) is 6.07 Å². The van der Waals surface area contributed by atoms with Gasteiger partial charge in [0.15, 0.2) is 0 Å². The largest absolute Gasteiger partial charge is 0.343 e. The van der Waals surface area contributed by atoms with Crippen molar-refractivity contribution in [1.82, 2.24) is 5.32 Å². The number of hydrogen-bond donors (Lipinski definition) is 3. The molecule has 0 heterocycles. The molecule has 3 N–H and O–H groups in total. The average Bonchev–Trinajstić information content (AvgIpc) is 2.73. The predicted molar refractivity (Wildman–Crippen MR) is 121 cm³/mol. The third-order valence-electron chi connectivity index (χ3n) is 4.37. The van der Waals surface area contributed by atoms with E-state index in [1.165, 1.54) is 36.4 Å². The molecule has 0 radical (unpaired) electrons. The van der Waals surface area contributed by atoms with Gasteiger partial charge in [-0.05, 0) is 61.0 Å². The van der Waals surface area contributed by atoms with Gasteiger partial charge in [-0.2, -0.15) is 0 Å². The second-order valence-corrected chi connectivity index (χ2v) is 8.95. The minimum Gasteiger partial charge on any atom is -0.343 e. The Kier molecular flexibility index (Phi) is 7.12. The van der Waals surface area contributed by atoms with Crippen LogP contribution < -0.4 is 15.4 Å². The number of halogens is 2. The minimum absolute atomic E-state index is 0.0674. The summed E-state index contributed by atoms with van der Waals surface area (Å²) in [7, 11) is -3.94. The molecular formula is C22H19ClFN3O4S. The molecule has 0 saturated heterocycles. The molecule has 3 aromatic rings. The first kappa shape index (κ1) is 23.2. The fourth-order valence-corrected chi connectivity index (χ4v) is 4.02. The topological polar surface area (TPSA) is 104 Å². The van der Waals surface area contributed by atoms with E-state index in [1.54, 1.807) is 31.2 Å². The van der Waals surface area contributed by atoms with E-state index < -0.39 is 27.7 Å². The highest BCUT2D eigenvalue weighted by Crippen LogP contribution is 2.23. The molecule has 0 aromatic heterocycles. The fourth-order valence-electron chi connectivity index (χ4n) is 2.76. The molecule has 0 fully saturated rings. The van der Waals surface area contributed by atoms with Crippen LogP contribution in [0.2, 0.25) is 5.02 Å². The molecule has 7 nitrogen and oxygen atoms in total. The van der Waals surface area contributed by atoms with Crippen molar-refractivity contribution in [3.63, 3.8) is 0 Å². The second-order valence-electron chi connectivity index (χ2n) is 6.83. The lowest BCUT2D eigenvalue weighted by molar-refractivity contribution is -0.115. The van der Waals surface area contributed by atoms with Crippen molar-refractivity contribution in [2.75, 3.05) is 16.6 Å². The van der Waals surface area contributed by atoms with Crippen LogP contribution in [0.15, 0.2) is 71.6 Å². The molecule has 2 amide bonds. The van der Waals surface area contributed by atoms with Gasteiger partial charge in [-0.3, -0.25) is 14.3 Å². The highest BCUT2D eigenvalue weighted by Gasteiger charge is 2.17. The molecule has 0 unspecified atom stereocenters. The highest BCUT2D eigenvalue weighted by atomic mass is 35.5. The summed E-state index contributed by atoms with van der Waals surface area (Å²) in [5, 5.41) is 5.34. The van der Waals surface area contributed by atoms with Gasteiger partial charge in [-0.1, -0.05) is 29.8 Å². The maximum atomic E-state index is 13.2. The molecule has 0 bridgehead atoms. The molecular weight excluding hydrogens is 457 g/mol. The smallest absolute Gasteiger partial charge is 0.261 e. The number of carbonyl (C=O) groups excluding carboxylic acids is 2. The monoisotopic (exact) mass is 475 g/mol. The van der Waals surface area contributed by atoms with Crippen molar-refractivity contribution in [3.8, 4) is 0 Å². The van der Waals surface area contributed by atoms with Crippen LogP contribution in [0.3, 0.4) is 0 Å². The zero-order valence-electron chi connectivity index (χ0n) is 16.9. The summed E-state index contributed by atoms with van der Waals surface area (Å²) in [6.45, 7) is 1.31. The summed E-state index contributed by atoms with van der Waals surface area (Å²) in [5.74, 6) is -1.75.